The molecule has 1 aromatic carbocycles. The summed E-state index contributed by atoms with van der Waals surface area (Å²) in [7, 11) is 0. The molecule has 0 radical (unpaired) electrons. The number of carbonyl (C=O) groups excluding carboxylic acids is 1. The summed E-state index contributed by atoms with van der Waals surface area (Å²) in [5.41, 5.74) is 4.00. The first-order valence-corrected chi connectivity index (χ1v) is 8.47. The molecule has 0 saturated heterocycles. The number of rotatable bonds is 6. The van der Waals surface area contributed by atoms with Gasteiger partial charge >= 0.3 is 0 Å². The van der Waals surface area contributed by atoms with Crippen LogP contribution < -0.4 is 5.32 Å². The maximum atomic E-state index is 12.3. The molecule has 3 heteroatoms. The molecule has 118 valence electrons. The molecule has 0 spiro atoms. The number of carbonyl (C=O) groups is 1. The third kappa shape index (κ3) is 2.53. The van der Waals surface area contributed by atoms with Gasteiger partial charge in [-0.3, -0.25) is 4.79 Å². The van der Waals surface area contributed by atoms with Crippen LogP contribution in [0.25, 0.3) is 10.9 Å². The number of benzene rings is 1. The number of amides is 1. The van der Waals surface area contributed by atoms with E-state index >= 15 is 0 Å². The van der Waals surface area contributed by atoms with Crippen molar-refractivity contribution in [1.82, 2.24) is 10.3 Å². The smallest absolute Gasteiger partial charge is 0.223 e. The van der Waals surface area contributed by atoms with E-state index < -0.39 is 0 Å². The van der Waals surface area contributed by atoms with E-state index in [4.69, 9.17) is 0 Å². The van der Waals surface area contributed by atoms with Crippen LogP contribution in [-0.2, 0) is 10.2 Å². The highest BCUT2D eigenvalue weighted by molar-refractivity contribution is 5.86. The maximum Gasteiger partial charge on any atom is 0.223 e. The lowest BCUT2D eigenvalue weighted by Gasteiger charge is -2.19. The first kappa shape index (κ1) is 15.1. The lowest BCUT2D eigenvalue weighted by molar-refractivity contribution is -0.125. The molecule has 1 amide bonds. The summed E-state index contributed by atoms with van der Waals surface area (Å²) < 4.78 is 0. The normalized spacial score (nSPS) is 16.2. The van der Waals surface area contributed by atoms with Crippen molar-refractivity contribution in [1.29, 1.82) is 0 Å². The monoisotopic (exact) mass is 298 g/mol. The molecule has 2 N–H and O–H groups in total. The molecule has 0 unspecified atom stereocenters. The Bertz CT molecular complexity index is 678. The SMILES string of the molecule is CCC(CC)C(=O)NCC1(c2c(C)[nH]c3ccccc23)CC1. The number of aromatic amines is 1. The van der Waals surface area contributed by atoms with Crippen molar-refractivity contribution in [3.8, 4) is 0 Å². The van der Waals surface area contributed by atoms with Crippen molar-refractivity contribution in [3.63, 3.8) is 0 Å². The first-order valence-electron chi connectivity index (χ1n) is 8.47. The van der Waals surface area contributed by atoms with E-state index in [2.05, 4.69) is 55.3 Å². The second-order valence-electron chi connectivity index (χ2n) is 6.68. The van der Waals surface area contributed by atoms with Crippen molar-refractivity contribution in [2.45, 2.75) is 51.9 Å². The lowest BCUT2D eigenvalue weighted by Crippen LogP contribution is -2.36. The van der Waals surface area contributed by atoms with E-state index in [1.54, 1.807) is 0 Å². The van der Waals surface area contributed by atoms with Gasteiger partial charge in [-0.2, -0.15) is 0 Å². The summed E-state index contributed by atoms with van der Waals surface area (Å²) in [6.45, 7) is 7.10. The van der Waals surface area contributed by atoms with E-state index in [-0.39, 0.29) is 17.2 Å². The highest BCUT2D eigenvalue weighted by Gasteiger charge is 2.47. The lowest BCUT2D eigenvalue weighted by atomic mass is 9.92. The molecule has 0 atom stereocenters. The van der Waals surface area contributed by atoms with E-state index in [0.717, 1.165) is 19.4 Å². The highest BCUT2D eigenvalue weighted by atomic mass is 16.1. The predicted octanol–water partition coefficient (Wildman–Crippen LogP) is 4.06. The second kappa shape index (κ2) is 5.79. The molecule has 1 heterocycles. The van der Waals surface area contributed by atoms with Gasteiger partial charge in [-0.25, -0.2) is 0 Å². The largest absolute Gasteiger partial charge is 0.358 e. The average molecular weight is 298 g/mol. The Kier molecular flexibility index (Phi) is 3.98. The van der Waals surface area contributed by atoms with Crippen molar-refractivity contribution in [2.24, 2.45) is 5.92 Å². The van der Waals surface area contributed by atoms with Gasteiger partial charge in [0.2, 0.25) is 5.91 Å². The minimum atomic E-state index is 0.144. The molecule has 1 aliphatic carbocycles. The molecule has 1 fully saturated rings. The van der Waals surface area contributed by atoms with Gasteiger partial charge in [-0.05, 0) is 44.2 Å². The molecular formula is C19H26N2O. The van der Waals surface area contributed by atoms with E-state index in [0.29, 0.717) is 0 Å². The van der Waals surface area contributed by atoms with Gasteiger partial charge in [0, 0.05) is 34.5 Å². The molecule has 3 nitrogen and oxygen atoms in total. The summed E-state index contributed by atoms with van der Waals surface area (Å²) in [4.78, 5) is 15.8. The Morgan fingerprint density at radius 2 is 1.95 bits per heavy atom. The van der Waals surface area contributed by atoms with Crippen molar-refractivity contribution >= 4 is 16.8 Å². The third-order valence-corrected chi connectivity index (χ3v) is 5.23. The van der Waals surface area contributed by atoms with Gasteiger partial charge in [0.15, 0.2) is 0 Å². The van der Waals surface area contributed by atoms with Gasteiger partial charge in [0.1, 0.15) is 0 Å². The Morgan fingerprint density at radius 1 is 1.27 bits per heavy atom. The Labute approximate surface area is 132 Å². The molecule has 3 rings (SSSR count). The predicted molar refractivity (Wildman–Crippen MR) is 91.0 cm³/mol. The minimum Gasteiger partial charge on any atom is -0.358 e. The van der Waals surface area contributed by atoms with Crippen LogP contribution in [0.1, 0.15) is 50.8 Å². The maximum absolute atomic E-state index is 12.3. The van der Waals surface area contributed by atoms with E-state index in [9.17, 15) is 4.79 Å². The number of nitrogens with one attached hydrogen (secondary N) is 2. The molecule has 2 aromatic rings. The van der Waals surface area contributed by atoms with Gasteiger partial charge in [0.05, 0.1) is 0 Å². The fraction of sp³-hybridized carbons (Fsp3) is 0.526. The van der Waals surface area contributed by atoms with Crippen LogP contribution in [0.3, 0.4) is 0 Å². The molecule has 1 saturated carbocycles. The van der Waals surface area contributed by atoms with Crippen LogP contribution in [0, 0.1) is 12.8 Å². The standard InChI is InChI=1S/C19H26N2O/c1-4-14(5-2)18(22)20-12-19(10-11-19)17-13(3)21-16-9-7-6-8-15(16)17/h6-9,14,21H,4-5,10-12H2,1-3H3,(H,20,22). The zero-order valence-corrected chi connectivity index (χ0v) is 13.8. The number of hydrogen-bond donors (Lipinski definition) is 2. The molecule has 22 heavy (non-hydrogen) atoms. The van der Waals surface area contributed by atoms with Crippen LogP contribution in [0.5, 0.6) is 0 Å². The third-order valence-electron chi connectivity index (χ3n) is 5.23. The summed E-state index contributed by atoms with van der Waals surface area (Å²) in [5, 5.41) is 4.53. The van der Waals surface area contributed by atoms with Crippen molar-refractivity contribution < 1.29 is 4.79 Å². The van der Waals surface area contributed by atoms with Crippen LogP contribution in [0.2, 0.25) is 0 Å². The number of aromatic nitrogens is 1. The Balaban J connectivity index is 1.81. The first-order chi connectivity index (χ1) is 10.6. The van der Waals surface area contributed by atoms with Crippen LogP contribution in [0.15, 0.2) is 24.3 Å². The fourth-order valence-corrected chi connectivity index (χ4v) is 3.69. The molecule has 0 aliphatic heterocycles. The zero-order valence-electron chi connectivity index (χ0n) is 13.8. The van der Waals surface area contributed by atoms with E-state index in [1.165, 1.54) is 35.0 Å². The summed E-state index contributed by atoms with van der Waals surface area (Å²) in [6, 6.07) is 8.48. The molecule has 1 aliphatic rings. The van der Waals surface area contributed by atoms with Gasteiger partial charge in [-0.1, -0.05) is 32.0 Å². The molecule has 0 bridgehead atoms. The van der Waals surface area contributed by atoms with Crippen LogP contribution >= 0.6 is 0 Å². The fourth-order valence-electron chi connectivity index (χ4n) is 3.69. The van der Waals surface area contributed by atoms with Gasteiger partial charge < -0.3 is 10.3 Å². The number of hydrogen-bond acceptors (Lipinski definition) is 1. The van der Waals surface area contributed by atoms with Crippen LogP contribution in [-0.4, -0.2) is 17.4 Å². The Morgan fingerprint density at radius 3 is 2.59 bits per heavy atom. The topological polar surface area (TPSA) is 44.9 Å². The van der Waals surface area contributed by atoms with E-state index in [1.807, 2.05) is 0 Å². The van der Waals surface area contributed by atoms with Gasteiger partial charge in [0.25, 0.3) is 0 Å². The second-order valence-corrected chi connectivity index (χ2v) is 6.68. The average Bonchev–Trinajstić information content (AvgIpc) is 3.21. The number of fused-ring (bicyclic) bond motifs is 1. The minimum absolute atomic E-state index is 0.144. The van der Waals surface area contributed by atoms with Crippen LogP contribution in [0.4, 0.5) is 0 Å². The molecule has 1 aromatic heterocycles. The summed E-state index contributed by atoms with van der Waals surface area (Å²) in [6.07, 6.45) is 4.17. The summed E-state index contributed by atoms with van der Waals surface area (Å²) >= 11 is 0. The van der Waals surface area contributed by atoms with Crippen molar-refractivity contribution in [3.05, 3.63) is 35.5 Å². The van der Waals surface area contributed by atoms with Gasteiger partial charge in [-0.15, -0.1) is 0 Å². The number of aryl methyl sites for hydroxylation is 1. The zero-order chi connectivity index (χ0) is 15.7. The molecular weight excluding hydrogens is 272 g/mol. The Hall–Kier alpha value is -1.77. The number of para-hydroxylation sites is 1. The quantitative estimate of drug-likeness (QED) is 0.830. The summed E-state index contributed by atoms with van der Waals surface area (Å²) in [5.74, 6) is 0.369. The number of H-pyrrole nitrogens is 1. The highest BCUT2D eigenvalue weighted by Crippen LogP contribution is 2.51. The van der Waals surface area contributed by atoms with Crippen molar-refractivity contribution in [2.75, 3.05) is 6.54 Å².